The van der Waals surface area contributed by atoms with Crippen LogP contribution in [0.15, 0.2) is 29.7 Å². The van der Waals surface area contributed by atoms with E-state index in [9.17, 15) is 4.79 Å². The van der Waals surface area contributed by atoms with E-state index in [-0.39, 0.29) is 11.7 Å². The van der Waals surface area contributed by atoms with Crippen LogP contribution < -0.4 is 5.73 Å². The Kier molecular flexibility index (Phi) is 3.78. The van der Waals surface area contributed by atoms with Crippen LogP contribution in [0.2, 0.25) is 0 Å². The van der Waals surface area contributed by atoms with E-state index in [1.807, 2.05) is 12.1 Å². The van der Waals surface area contributed by atoms with Crippen molar-refractivity contribution in [2.75, 3.05) is 11.5 Å². The normalized spacial score (nSPS) is 10.4. The molecule has 2 heterocycles. The number of nitrogen functional groups attached to an aromatic ring is 1. The van der Waals surface area contributed by atoms with Crippen molar-refractivity contribution in [2.45, 2.75) is 11.7 Å². The SMILES string of the molecule is Nc1nnc(SCC(=O)O)n1Cc1ccncc1. The Labute approximate surface area is 107 Å². The fourth-order valence-corrected chi connectivity index (χ4v) is 2.02. The molecule has 0 saturated heterocycles. The fraction of sp³-hybridized carbons (Fsp3) is 0.200. The molecule has 0 atom stereocenters. The molecule has 3 N–H and O–H groups in total. The molecule has 94 valence electrons. The summed E-state index contributed by atoms with van der Waals surface area (Å²) in [7, 11) is 0. The van der Waals surface area contributed by atoms with Crippen LogP contribution in [-0.2, 0) is 11.3 Å². The highest BCUT2D eigenvalue weighted by Gasteiger charge is 2.12. The van der Waals surface area contributed by atoms with Crippen molar-refractivity contribution in [1.82, 2.24) is 19.7 Å². The van der Waals surface area contributed by atoms with Crippen molar-refractivity contribution in [2.24, 2.45) is 0 Å². The maximum Gasteiger partial charge on any atom is 0.313 e. The lowest BCUT2D eigenvalue weighted by Gasteiger charge is -2.06. The maximum absolute atomic E-state index is 10.5. The van der Waals surface area contributed by atoms with Gasteiger partial charge in [0.05, 0.1) is 12.3 Å². The standard InChI is InChI=1S/C10H11N5O2S/c11-9-13-14-10(18-6-8(16)17)15(9)5-7-1-3-12-4-2-7/h1-4H,5-6H2,(H2,11,13)(H,16,17). The number of aromatic nitrogens is 4. The van der Waals surface area contributed by atoms with Gasteiger partial charge in [-0.3, -0.25) is 14.3 Å². The van der Waals surface area contributed by atoms with Gasteiger partial charge in [0.2, 0.25) is 5.95 Å². The summed E-state index contributed by atoms with van der Waals surface area (Å²) in [6.07, 6.45) is 3.36. The summed E-state index contributed by atoms with van der Waals surface area (Å²) in [5, 5.41) is 16.7. The van der Waals surface area contributed by atoms with E-state index in [2.05, 4.69) is 15.2 Å². The average Bonchev–Trinajstić information content (AvgIpc) is 2.70. The molecular formula is C10H11N5O2S. The van der Waals surface area contributed by atoms with Crippen molar-refractivity contribution in [3.8, 4) is 0 Å². The summed E-state index contributed by atoms with van der Waals surface area (Å²) in [5.41, 5.74) is 6.70. The zero-order chi connectivity index (χ0) is 13.0. The van der Waals surface area contributed by atoms with E-state index < -0.39 is 5.97 Å². The van der Waals surface area contributed by atoms with Crippen LogP contribution in [-0.4, -0.2) is 36.6 Å². The van der Waals surface area contributed by atoms with E-state index in [4.69, 9.17) is 10.8 Å². The van der Waals surface area contributed by atoms with Gasteiger partial charge >= 0.3 is 5.97 Å². The summed E-state index contributed by atoms with van der Waals surface area (Å²) in [5.74, 6) is -0.717. The number of nitrogens with two attached hydrogens (primary N) is 1. The number of carboxylic acids is 1. The number of aliphatic carboxylic acids is 1. The summed E-state index contributed by atoms with van der Waals surface area (Å²) >= 11 is 1.09. The zero-order valence-electron chi connectivity index (χ0n) is 9.35. The van der Waals surface area contributed by atoms with Gasteiger partial charge in [-0.05, 0) is 17.7 Å². The first kappa shape index (κ1) is 12.4. The first-order valence-corrected chi connectivity index (χ1v) is 6.07. The molecule has 2 aromatic heterocycles. The third-order valence-corrected chi connectivity index (χ3v) is 3.11. The number of pyridine rings is 1. The van der Waals surface area contributed by atoms with Gasteiger partial charge in [-0.15, -0.1) is 10.2 Å². The Morgan fingerprint density at radius 2 is 2.11 bits per heavy atom. The molecule has 2 rings (SSSR count). The number of nitrogens with zero attached hydrogens (tertiary/aromatic N) is 4. The van der Waals surface area contributed by atoms with Gasteiger partial charge in [-0.2, -0.15) is 0 Å². The van der Waals surface area contributed by atoms with Crippen LogP contribution in [0.1, 0.15) is 5.56 Å². The number of carbonyl (C=O) groups is 1. The largest absolute Gasteiger partial charge is 0.481 e. The number of anilines is 1. The van der Waals surface area contributed by atoms with Crippen molar-refractivity contribution in [3.63, 3.8) is 0 Å². The second-order valence-corrected chi connectivity index (χ2v) is 4.41. The Balaban J connectivity index is 2.16. The molecule has 0 fully saturated rings. The molecule has 0 aliphatic heterocycles. The number of rotatable bonds is 5. The molecule has 0 unspecified atom stereocenters. The zero-order valence-corrected chi connectivity index (χ0v) is 10.2. The summed E-state index contributed by atoms with van der Waals surface area (Å²) in [4.78, 5) is 14.5. The molecule has 18 heavy (non-hydrogen) atoms. The van der Waals surface area contributed by atoms with Gasteiger partial charge < -0.3 is 10.8 Å². The molecule has 0 aromatic carbocycles. The Bertz CT molecular complexity index is 542. The minimum atomic E-state index is -0.906. The monoisotopic (exact) mass is 265 g/mol. The summed E-state index contributed by atoms with van der Waals surface area (Å²) in [6.45, 7) is 0.489. The van der Waals surface area contributed by atoms with Crippen molar-refractivity contribution < 1.29 is 9.90 Å². The predicted molar refractivity (Wildman–Crippen MR) is 66.1 cm³/mol. The van der Waals surface area contributed by atoms with Crippen LogP contribution >= 0.6 is 11.8 Å². The predicted octanol–water partition coefficient (Wildman–Crippen LogP) is 0.480. The van der Waals surface area contributed by atoms with Crippen LogP contribution in [0.25, 0.3) is 0 Å². The highest BCUT2D eigenvalue weighted by atomic mass is 32.2. The third kappa shape index (κ3) is 2.98. The average molecular weight is 265 g/mol. The van der Waals surface area contributed by atoms with Gasteiger partial charge in [0, 0.05) is 12.4 Å². The molecule has 0 radical (unpaired) electrons. The summed E-state index contributed by atoms with van der Waals surface area (Å²) in [6, 6.07) is 3.70. The van der Waals surface area contributed by atoms with Gasteiger partial charge in [0.15, 0.2) is 5.16 Å². The van der Waals surface area contributed by atoms with Crippen molar-refractivity contribution in [1.29, 1.82) is 0 Å². The molecule has 2 aromatic rings. The highest BCUT2D eigenvalue weighted by Crippen LogP contribution is 2.19. The molecule has 7 nitrogen and oxygen atoms in total. The van der Waals surface area contributed by atoms with Gasteiger partial charge in [-0.1, -0.05) is 11.8 Å². The maximum atomic E-state index is 10.5. The fourth-order valence-electron chi connectivity index (χ4n) is 1.35. The van der Waals surface area contributed by atoms with E-state index >= 15 is 0 Å². The number of hydrogen-bond donors (Lipinski definition) is 2. The Morgan fingerprint density at radius 3 is 2.78 bits per heavy atom. The van der Waals surface area contributed by atoms with Gasteiger partial charge in [0.1, 0.15) is 0 Å². The number of thioether (sulfide) groups is 1. The molecule has 8 heteroatoms. The third-order valence-electron chi connectivity index (χ3n) is 2.16. The minimum absolute atomic E-state index is 0.0749. The molecule has 0 aliphatic rings. The lowest BCUT2D eigenvalue weighted by molar-refractivity contribution is -0.133. The number of hydrogen-bond acceptors (Lipinski definition) is 6. The smallest absolute Gasteiger partial charge is 0.313 e. The molecule has 0 bridgehead atoms. The summed E-state index contributed by atoms with van der Waals surface area (Å²) < 4.78 is 1.67. The lowest BCUT2D eigenvalue weighted by atomic mass is 10.3. The molecular weight excluding hydrogens is 254 g/mol. The van der Waals surface area contributed by atoms with E-state index in [1.54, 1.807) is 17.0 Å². The molecule has 0 saturated carbocycles. The highest BCUT2D eigenvalue weighted by molar-refractivity contribution is 7.99. The van der Waals surface area contributed by atoms with Crippen molar-refractivity contribution >= 4 is 23.7 Å². The quantitative estimate of drug-likeness (QED) is 0.757. The Morgan fingerprint density at radius 1 is 1.39 bits per heavy atom. The van der Waals surface area contributed by atoms with Crippen LogP contribution in [0, 0.1) is 0 Å². The van der Waals surface area contributed by atoms with E-state index in [0.717, 1.165) is 17.3 Å². The first-order valence-electron chi connectivity index (χ1n) is 5.09. The minimum Gasteiger partial charge on any atom is -0.481 e. The lowest BCUT2D eigenvalue weighted by Crippen LogP contribution is -2.07. The van der Waals surface area contributed by atoms with Gasteiger partial charge in [-0.25, -0.2) is 0 Å². The van der Waals surface area contributed by atoms with Gasteiger partial charge in [0.25, 0.3) is 0 Å². The Hall–Kier alpha value is -2.09. The molecule has 0 amide bonds. The first-order chi connectivity index (χ1) is 8.66. The number of carboxylic acid groups (broad SMARTS) is 1. The van der Waals surface area contributed by atoms with E-state index in [0.29, 0.717) is 11.7 Å². The molecule has 0 spiro atoms. The van der Waals surface area contributed by atoms with E-state index in [1.165, 1.54) is 0 Å². The van der Waals surface area contributed by atoms with Crippen LogP contribution in [0.4, 0.5) is 5.95 Å². The topological polar surface area (TPSA) is 107 Å². The second-order valence-electron chi connectivity index (χ2n) is 3.46. The van der Waals surface area contributed by atoms with Crippen molar-refractivity contribution in [3.05, 3.63) is 30.1 Å². The molecule has 0 aliphatic carbocycles. The van der Waals surface area contributed by atoms with Crippen LogP contribution in [0.5, 0.6) is 0 Å². The van der Waals surface area contributed by atoms with Crippen LogP contribution in [0.3, 0.4) is 0 Å². The second kappa shape index (κ2) is 5.50.